The predicted octanol–water partition coefficient (Wildman–Crippen LogP) is 30.0. The molecule has 10 heteroatoms. The van der Waals surface area contributed by atoms with Crippen molar-refractivity contribution in [3.63, 3.8) is 0 Å². The molecule has 0 aromatic heterocycles. The smallest absolute Gasteiger partial charge is 0.462 e. The molecule has 0 aliphatic carbocycles. The van der Waals surface area contributed by atoms with E-state index in [1.807, 2.05) is 21.1 Å². The van der Waals surface area contributed by atoms with Gasteiger partial charge in [0.05, 0.1) is 27.7 Å². The Hall–Kier alpha value is -4.63. The summed E-state index contributed by atoms with van der Waals surface area (Å²) in [5.74, 6) is -0.823. The SMILES string of the molecule is CC/C=C\C/C=C\C/C=C\C/C=C\C/C=C\C/C=C\C/C=C\C/C=C\C/C=C\C/C=C\C/C=C\C/C=C\CCCCCCC(=O)OC(COC(=O)CCCCCCCCCCCCCCCCCCCCCCCCCCCCCCC/C=C\C/C=C\CCCCCCC)COP(=O)(O)OCC[N+](C)(C)C. The number of quaternary nitrogens is 1. The quantitative estimate of drug-likeness (QED) is 0.0211. The summed E-state index contributed by atoms with van der Waals surface area (Å²) in [5, 5.41) is 0. The third kappa shape index (κ3) is 88.3. The Labute approximate surface area is 655 Å². The van der Waals surface area contributed by atoms with Crippen LogP contribution < -0.4 is 0 Å². The van der Waals surface area contributed by atoms with Crippen molar-refractivity contribution in [3.05, 3.63) is 170 Å². The van der Waals surface area contributed by atoms with Crippen LogP contribution >= 0.6 is 7.82 Å². The van der Waals surface area contributed by atoms with Gasteiger partial charge < -0.3 is 18.9 Å². The van der Waals surface area contributed by atoms with E-state index in [9.17, 15) is 19.0 Å². The molecular weight excluding hydrogens is 1330 g/mol. The van der Waals surface area contributed by atoms with Gasteiger partial charge in [0.15, 0.2) is 6.10 Å². The number of unbranched alkanes of at least 4 members (excludes halogenated alkanes) is 38. The maximum Gasteiger partial charge on any atom is 0.472 e. The Balaban J connectivity index is 4.01. The molecule has 2 atom stereocenters. The molecule has 0 heterocycles. The van der Waals surface area contributed by atoms with E-state index in [4.69, 9.17) is 18.5 Å². The predicted molar refractivity (Wildman–Crippen MR) is 463 cm³/mol. The van der Waals surface area contributed by atoms with Crippen molar-refractivity contribution in [2.75, 3.05) is 47.5 Å². The van der Waals surface area contributed by atoms with E-state index < -0.39 is 26.5 Å². The summed E-state index contributed by atoms with van der Waals surface area (Å²) in [6.45, 7) is 4.30. The van der Waals surface area contributed by atoms with E-state index in [0.717, 1.165) is 128 Å². The van der Waals surface area contributed by atoms with Crippen LogP contribution in [0.1, 0.15) is 373 Å². The summed E-state index contributed by atoms with van der Waals surface area (Å²) in [6, 6.07) is 0. The minimum Gasteiger partial charge on any atom is -0.462 e. The van der Waals surface area contributed by atoms with Crippen molar-refractivity contribution < 1.29 is 42.1 Å². The van der Waals surface area contributed by atoms with E-state index in [1.54, 1.807) is 0 Å². The molecule has 0 rings (SSSR count). The number of hydrogen-bond donors (Lipinski definition) is 1. The standard InChI is InChI=1S/C96H164NO8P/c1-6-8-10-12-14-16-18-20-22-24-26-28-30-32-34-36-38-40-42-44-46-48-50-52-54-56-58-60-62-64-66-68-70-72-74-76-78-80-82-84-86-88-95(98)102-92-94(93-104-106(100,101)103-91-90-97(3,4)5)105-96(99)89-87-85-83-81-79-77-75-73-71-69-67-65-63-61-59-57-55-53-51-49-47-45-43-41-39-37-35-33-31-29-27-25-23-21-19-17-15-13-11-9-7-2/h9,11,15,17-18,20-21,23-24,26-27,29,33,35,39,41,45,47,51,53,57,59,63,65,69,71,75,77,94H,6-8,10,12-14,16,19,22,25,28,30-32,34,36-38,40,42-44,46,48-50,52,54-56,58,60-62,64,66-68,70,72-74,76,78-93H2,1-5H3/p+1/b11-9-,17-15-,20-18-,23-21-,26-24-,29-27-,35-33-,41-39-,47-45-,53-51-,59-57-,65-63-,71-69-,77-75-. The van der Waals surface area contributed by atoms with Crippen LogP contribution in [-0.4, -0.2) is 74.9 Å². The third-order valence-electron chi connectivity index (χ3n) is 18.7. The average molecular weight is 1490 g/mol. The van der Waals surface area contributed by atoms with Gasteiger partial charge in [-0.3, -0.25) is 18.6 Å². The van der Waals surface area contributed by atoms with Crippen LogP contribution in [0.25, 0.3) is 0 Å². The summed E-state index contributed by atoms with van der Waals surface area (Å²) in [4.78, 5) is 36.0. The zero-order chi connectivity index (χ0) is 76.8. The molecule has 1 N–H and O–H groups in total. The van der Waals surface area contributed by atoms with E-state index >= 15 is 0 Å². The number of hydrogen-bond acceptors (Lipinski definition) is 7. The number of carbonyl (C=O) groups excluding carboxylic acids is 2. The molecule has 0 aliphatic heterocycles. The highest BCUT2D eigenvalue weighted by Gasteiger charge is 2.27. The molecule has 0 aliphatic rings. The highest BCUT2D eigenvalue weighted by atomic mass is 31.2. The maximum atomic E-state index is 12.9. The first-order valence-electron chi connectivity index (χ1n) is 43.9. The van der Waals surface area contributed by atoms with Crippen LogP contribution in [0.4, 0.5) is 0 Å². The van der Waals surface area contributed by atoms with Crippen molar-refractivity contribution >= 4 is 19.8 Å². The summed E-state index contributed by atoms with van der Waals surface area (Å²) < 4.78 is 34.8. The molecule has 0 radical (unpaired) electrons. The molecule has 0 aromatic rings. The Kier molecular flexibility index (Phi) is 80.7. The second-order valence-electron chi connectivity index (χ2n) is 30.2. The van der Waals surface area contributed by atoms with E-state index in [0.29, 0.717) is 17.4 Å². The number of phosphoric acid groups is 1. The van der Waals surface area contributed by atoms with E-state index in [1.165, 1.54) is 212 Å². The summed E-state index contributed by atoms with van der Waals surface area (Å²) >= 11 is 0. The molecule has 606 valence electrons. The molecule has 9 nitrogen and oxygen atoms in total. The largest absolute Gasteiger partial charge is 0.472 e. The van der Waals surface area contributed by atoms with Crippen LogP contribution in [0.15, 0.2) is 170 Å². The minimum atomic E-state index is -4.42. The summed E-state index contributed by atoms with van der Waals surface area (Å²) in [6.07, 6.45) is 128. The molecule has 106 heavy (non-hydrogen) atoms. The first-order chi connectivity index (χ1) is 52.0. The lowest BCUT2D eigenvalue weighted by Crippen LogP contribution is -2.37. The van der Waals surface area contributed by atoms with Crippen LogP contribution in [0.3, 0.4) is 0 Å². The number of esters is 2. The lowest BCUT2D eigenvalue weighted by molar-refractivity contribution is -0.870. The molecule has 0 saturated heterocycles. The fraction of sp³-hybridized carbons (Fsp3) is 0.688. The van der Waals surface area contributed by atoms with Gasteiger partial charge >= 0.3 is 19.8 Å². The van der Waals surface area contributed by atoms with Gasteiger partial charge in [-0.2, -0.15) is 0 Å². The summed E-state index contributed by atoms with van der Waals surface area (Å²) in [5.41, 5.74) is 0. The number of phosphoric ester groups is 1. The van der Waals surface area contributed by atoms with Crippen LogP contribution in [0.2, 0.25) is 0 Å². The molecule has 0 bridgehead atoms. The number of carbonyl (C=O) groups is 2. The van der Waals surface area contributed by atoms with Crippen molar-refractivity contribution in [2.45, 2.75) is 380 Å². The molecule has 0 saturated carbocycles. The lowest BCUT2D eigenvalue weighted by Gasteiger charge is -2.24. The Morgan fingerprint density at radius 1 is 0.302 bits per heavy atom. The second-order valence-corrected chi connectivity index (χ2v) is 31.6. The number of nitrogens with zero attached hydrogens (tertiary/aromatic N) is 1. The first kappa shape index (κ1) is 101. The summed E-state index contributed by atoms with van der Waals surface area (Å²) in [7, 11) is 1.45. The maximum absolute atomic E-state index is 12.9. The molecule has 0 amide bonds. The van der Waals surface area contributed by atoms with Gasteiger partial charge in [0.2, 0.25) is 0 Å². The normalized spacial score (nSPS) is 13.8. The second kappa shape index (κ2) is 84.4. The average Bonchev–Trinajstić information content (AvgIpc) is 0.908. The third-order valence-corrected chi connectivity index (χ3v) is 19.7. The van der Waals surface area contributed by atoms with Gasteiger partial charge in [0.25, 0.3) is 0 Å². The number of likely N-dealkylation sites (N-methyl/N-ethyl adjacent to an activating group) is 1. The minimum absolute atomic E-state index is 0.0199. The van der Waals surface area contributed by atoms with Crippen molar-refractivity contribution in [3.8, 4) is 0 Å². The van der Waals surface area contributed by atoms with Crippen molar-refractivity contribution in [1.29, 1.82) is 0 Å². The fourth-order valence-electron chi connectivity index (χ4n) is 12.1. The highest BCUT2D eigenvalue weighted by Crippen LogP contribution is 2.43. The first-order valence-corrected chi connectivity index (χ1v) is 45.4. The Morgan fingerprint density at radius 2 is 0.538 bits per heavy atom. The van der Waals surface area contributed by atoms with Gasteiger partial charge in [-0.1, -0.05) is 396 Å². The number of rotatable bonds is 80. The Bertz CT molecular complexity index is 2410. The van der Waals surface area contributed by atoms with Gasteiger partial charge in [0, 0.05) is 12.8 Å². The van der Waals surface area contributed by atoms with Crippen molar-refractivity contribution in [2.24, 2.45) is 0 Å². The number of ether oxygens (including phenoxy) is 2. The number of allylic oxidation sites excluding steroid dienone is 28. The van der Waals surface area contributed by atoms with Crippen LogP contribution in [0.5, 0.6) is 0 Å². The molecule has 2 unspecified atom stereocenters. The molecule has 0 spiro atoms. The van der Waals surface area contributed by atoms with Crippen LogP contribution in [-0.2, 0) is 32.7 Å². The fourth-order valence-corrected chi connectivity index (χ4v) is 12.8. The molecule has 0 fully saturated rings. The molecular formula is C96H165NO8P+. The van der Waals surface area contributed by atoms with Gasteiger partial charge in [0.1, 0.15) is 19.8 Å². The zero-order valence-electron chi connectivity index (χ0n) is 69.4. The van der Waals surface area contributed by atoms with Gasteiger partial charge in [-0.25, -0.2) is 4.57 Å². The van der Waals surface area contributed by atoms with E-state index in [2.05, 4.69) is 184 Å². The van der Waals surface area contributed by atoms with Gasteiger partial charge in [-0.15, -0.1) is 0 Å². The van der Waals surface area contributed by atoms with Crippen molar-refractivity contribution in [1.82, 2.24) is 0 Å². The topological polar surface area (TPSA) is 108 Å². The Morgan fingerprint density at radius 3 is 0.802 bits per heavy atom. The lowest BCUT2D eigenvalue weighted by atomic mass is 10.0. The highest BCUT2D eigenvalue weighted by molar-refractivity contribution is 7.47. The van der Waals surface area contributed by atoms with Gasteiger partial charge in [-0.05, 0) is 135 Å². The monoisotopic (exact) mass is 1490 g/mol. The van der Waals surface area contributed by atoms with E-state index in [-0.39, 0.29) is 32.0 Å². The van der Waals surface area contributed by atoms with Crippen LogP contribution in [0, 0.1) is 0 Å². The molecule has 0 aromatic carbocycles. The zero-order valence-corrected chi connectivity index (χ0v) is 70.3.